The van der Waals surface area contributed by atoms with E-state index in [2.05, 4.69) is 0 Å². The molecule has 0 aliphatic rings. The van der Waals surface area contributed by atoms with Crippen molar-refractivity contribution in [3.05, 3.63) is 57.9 Å². The molecule has 2 rings (SSSR count). The summed E-state index contributed by atoms with van der Waals surface area (Å²) in [7, 11) is 0. The quantitative estimate of drug-likeness (QED) is 0.873. The van der Waals surface area contributed by atoms with Gasteiger partial charge < -0.3 is 10.5 Å². The molecule has 0 aromatic heterocycles. The van der Waals surface area contributed by atoms with Gasteiger partial charge in [0, 0.05) is 11.1 Å². The van der Waals surface area contributed by atoms with Gasteiger partial charge in [-0.15, -0.1) is 0 Å². The lowest BCUT2D eigenvalue weighted by molar-refractivity contribution is 0.440. The van der Waals surface area contributed by atoms with E-state index in [0.29, 0.717) is 10.8 Å². The van der Waals surface area contributed by atoms with Gasteiger partial charge >= 0.3 is 0 Å². The second-order valence-corrected chi connectivity index (χ2v) is 5.33. The zero-order valence-electron chi connectivity index (χ0n) is 11.7. The summed E-state index contributed by atoms with van der Waals surface area (Å²) < 4.78 is 19.6. The van der Waals surface area contributed by atoms with Gasteiger partial charge in [0.25, 0.3) is 0 Å². The Labute approximate surface area is 123 Å². The standard InChI is InChI=1S/C16H17ClFNO/c1-9-6-13(7-10(2)16(9)17)20-15-5-4-12(11(3)19)8-14(15)18/h4-8,11H,19H2,1-3H3. The fourth-order valence-electron chi connectivity index (χ4n) is 1.98. The highest BCUT2D eigenvalue weighted by Gasteiger charge is 2.10. The first-order valence-corrected chi connectivity index (χ1v) is 6.76. The molecule has 2 nitrogen and oxygen atoms in total. The van der Waals surface area contributed by atoms with E-state index in [1.54, 1.807) is 31.2 Å². The molecule has 0 aliphatic carbocycles. The lowest BCUT2D eigenvalue weighted by Crippen LogP contribution is -2.05. The zero-order valence-corrected chi connectivity index (χ0v) is 12.5. The van der Waals surface area contributed by atoms with Gasteiger partial charge in [-0.3, -0.25) is 0 Å². The summed E-state index contributed by atoms with van der Waals surface area (Å²) >= 11 is 6.10. The summed E-state index contributed by atoms with van der Waals surface area (Å²) in [6.07, 6.45) is 0. The van der Waals surface area contributed by atoms with Gasteiger partial charge in [-0.05, 0) is 61.7 Å². The van der Waals surface area contributed by atoms with Gasteiger partial charge in [0.15, 0.2) is 11.6 Å². The third-order valence-corrected chi connectivity index (χ3v) is 3.72. The van der Waals surface area contributed by atoms with Crippen molar-refractivity contribution in [2.75, 3.05) is 0 Å². The Morgan fingerprint density at radius 3 is 2.25 bits per heavy atom. The van der Waals surface area contributed by atoms with Crippen molar-refractivity contribution in [3.63, 3.8) is 0 Å². The first kappa shape index (κ1) is 14.8. The molecule has 0 heterocycles. The van der Waals surface area contributed by atoms with Gasteiger partial charge in [-0.2, -0.15) is 0 Å². The molecule has 0 radical (unpaired) electrons. The molecule has 0 saturated carbocycles. The van der Waals surface area contributed by atoms with E-state index >= 15 is 0 Å². The minimum absolute atomic E-state index is 0.176. The summed E-state index contributed by atoms with van der Waals surface area (Å²) in [5.41, 5.74) is 8.25. The molecule has 0 aliphatic heterocycles. The van der Waals surface area contributed by atoms with Crippen LogP contribution in [0, 0.1) is 19.7 Å². The SMILES string of the molecule is Cc1cc(Oc2ccc(C(C)N)cc2F)cc(C)c1Cl. The predicted octanol–water partition coefficient (Wildman–Crippen LogP) is 4.91. The van der Waals surface area contributed by atoms with Crippen LogP contribution in [0.15, 0.2) is 30.3 Å². The molecule has 106 valence electrons. The molecule has 0 fully saturated rings. The van der Waals surface area contributed by atoms with Crippen LogP contribution in [0.25, 0.3) is 0 Å². The number of aryl methyl sites for hydroxylation is 2. The van der Waals surface area contributed by atoms with Crippen LogP contribution >= 0.6 is 11.6 Å². The summed E-state index contributed by atoms with van der Waals surface area (Å²) in [6.45, 7) is 5.58. The maximum Gasteiger partial charge on any atom is 0.166 e. The van der Waals surface area contributed by atoms with Crippen LogP contribution in [0.3, 0.4) is 0 Å². The predicted molar refractivity (Wildman–Crippen MR) is 80.0 cm³/mol. The summed E-state index contributed by atoms with van der Waals surface area (Å²) in [4.78, 5) is 0. The lowest BCUT2D eigenvalue weighted by Gasteiger charge is -2.12. The van der Waals surface area contributed by atoms with Gasteiger partial charge in [-0.1, -0.05) is 17.7 Å². The lowest BCUT2D eigenvalue weighted by atomic mass is 10.1. The van der Waals surface area contributed by atoms with Crippen molar-refractivity contribution in [2.24, 2.45) is 5.73 Å². The Morgan fingerprint density at radius 2 is 1.75 bits per heavy atom. The van der Waals surface area contributed by atoms with Crippen LogP contribution in [0.4, 0.5) is 4.39 Å². The molecular formula is C16H17ClFNO. The smallest absolute Gasteiger partial charge is 0.166 e. The molecule has 0 bridgehead atoms. The maximum atomic E-state index is 14.0. The average molecular weight is 294 g/mol. The number of nitrogens with two attached hydrogens (primary N) is 1. The molecule has 0 amide bonds. The highest BCUT2D eigenvalue weighted by Crippen LogP contribution is 2.31. The van der Waals surface area contributed by atoms with E-state index in [1.165, 1.54) is 6.07 Å². The van der Waals surface area contributed by atoms with Crippen molar-refractivity contribution < 1.29 is 9.13 Å². The van der Waals surface area contributed by atoms with Crippen LogP contribution in [0.1, 0.15) is 29.7 Å². The van der Waals surface area contributed by atoms with Gasteiger partial charge in [0.2, 0.25) is 0 Å². The van der Waals surface area contributed by atoms with Gasteiger partial charge in [-0.25, -0.2) is 4.39 Å². The molecule has 2 aromatic carbocycles. The molecule has 2 N–H and O–H groups in total. The Balaban J connectivity index is 2.31. The Kier molecular flexibility index (Phi) is 4.31. The van der Waals surface area contributed by atoms with Crippen molar-refractivity contribution in [3.8, 4) is 11.5 Å². The van der Waals surface area contributed by atoms with E-state index < -0.39 is 5.82 Å². The normalized spacial score (nSPS) is 12.3. The van der Waals surface area contributed by atoms with Gasteiger partial charge in [0.05, 0.1) is 0 Å². The van der Waals surface area contributed by atoms with Crippen molar-refractivity contribution >= 4 is 11.6 Å². The molecular weight excluding hydrogens is 277 g/mol. The Hall–Kier alpha value is -1.58. The number of halogens is 2. The van der Waals surface area contributed by atoms with E-state index in [1.807, 2.05) is 13.8 Å². The Bertz CT molecular complexity index is 617. The maximum absolute atomic E-state index is 14.0. The van der Waals surface area contributed by atoms with Crippen LogP contribution in [-0.2, 0) is 0 Å². The molecule has 1 atom stereocenters. The molecule has 20 heavy (non-hydrogen) atoms. The third-order valence-electron chi connectivity index (χ3n) is 3.12. The summed E-state index contributed by atoms with van der Waals surface area (Å²) in [5.74, 6) is 0.317. The molecule has 2 aromatic rings. The average Bonchev–Trinajstić information content (AvgIpc) is 2.38. The van der Waals surface area contributed by atoms with Crippen molar-refractivity contribution in [1.82, 2.24) is 0 Å². The number of rotatable bonds is 3. The molecule has 0 saturated heterocycles. The van der Waals surface area contributed by atoms with E-state index in [-0.39, 0.29) is 11.8 Å². The highest BCUT2D eigenvalue weighted by atomic mass is 35.5. The van der Waals surface area contributed by atoms with E-state index in [0.717, 1.165) is 16.7 Å². The fourth-order valence-corrected chi connectivity index (χ4v) is 2.08. The summed E-state index contributed by atoms with van der Waals surface area (Å²) in [6, 6.07) is 8.11. The minimum atomic E-state index is -0.426. The van der Waals surface area contributed by atoms with Crippen LogP contribution in [0.5, 0.6) is 11.5 Å². The third kappa shape index (κ3) is 3.11. The number of hydrogen-bond donors (Lipinski definition) is 1. The number of ether oxygens (including phenoxy) is 1. The number of benzene rings is 2. The van der Waals surface area contributed by atoms with Crippen molar-refractivity contribution in [1.29, 1.82) is 0 Å². The second kappa shape index (κ2) is 5.81. The largest absolute Gasteiger partial charge is 0.454 e. The van der Waals surface area contributed by atoms with Crippen LogP contribution in [0.2, 0.25) is 5.02 Å². The second-order valence-electron chi connectivity index (χ2n) is 4.95. The molecule has 1 unspecified atom stereocenters. The summed E-state index contributed by atoms with van der Waals surface area (Å²) in [5, 5.41) is 0.699. The highest BCUT2D eigenvalue weighted by molar-refractivity contribution is 6.32. The van der Waals surface area contributed by atoms with Crippen molar-refractivity contribution in [2.45, 2.75) is 26.8 Å². The van der Waals surface area contributed by atoms with Crippen LogP contribution in [-0.4, -0.2) is 0 Å². The first-order chi connectivity index (χ1) is 9.38. The first-order valence-electron chi connectivity index (χ1n) is 6.38. The Morgan fingerprint density at radius 1 is 1.15 bits per heavy atom. The van der Waals surface area contributed by atoms with E-state index in [9.17, 15) is 4.39 Å². The topological polar surface area (TPSA) is 35.2 Å². The van der Waals surface area contributed by atoms with Crippen LogP contribution < -0.4 is 10.5 Å². The number of hydrogen-bond acceptors (Lipinski definition) is 2. The molecule has 0 spiro atoms. The fraction of sp³-hybridized carbons (Fsp3) is 0.250. The molecule has 4 heteroatoms. The monoisotopic (exact) mass is 293 g/mol. The zero-order chi connectivity index (χ0) is 14.9. The van der Waals surface area contributed by atoms with E-state index in [4.69, 9.17) is 22.1 Å². The van der Waals surface area contributed by atoms with Gasteiger partial charge in [0.1, 0.15) is 5.75 Å². The minimum Gasteiger partial charge on any atom is -0.454 e.